The highest BCUT2D eigenvalue weighted by Gasteiger charge is 2.27. The van der Waals surface area contributed by atoms with Crippen molar-refractivity contribution in [1.29, 1.82) is 0 Å². The molecule has 26 heavy (non-hydrogen) atoms. The molecular weight excluding hydrogens is 328 g/mol. The van der Waals surface area contributed by atoms with Gasteiger partial charge < -0.3 is 19.9 Å². The quantitative estimate of drug-likeness (QED) is 0.411. The lowest BCUT2D eigenvalue weighted by molar-refractivity contribution is -0.840. The van der Waals surface area contributed by atoms with Crippen LogP contribution >= 0.6 is 0 Å². The van der Waals surface area contributed by atoms with Gasteiger partial charge in [0, 0.05) is 13.0 Å². The van der Waals surface area contributed by atoms with Crippen molar-refractivity contribution < 1.29 is 14.2 Å². The summed E-state index contributed by atoms with van der Waals surface area (Å²) in [6, 6.07) is 8.00. The second-order valence-electron chi connectivity index (χ2n) is 9.44. The van der Waals surface area contributed by atoms with Gasteiger partial charge in [-0.05, 0) is 34.9 Å². The van der Waals surface area contributed by atoms with Gasteiger partial charge in [-0.3, -0.25) is 4.79 Å². The van der Waals surface area contributed by atoms with Crippen molar-refractivity contribution in [2.45, 2.75) is 52.9 Å². The number of hydrogen-bond acceptors (Lipinski definition) is 3. The summed E-state index contributed by atoms with van der Waals surface area (Å²) in [4.78, 5) is 11.8. The first-order chi connectivity index (χ1) is 11.8. The standard InChI is InChI=1S/C21H36N2O3/c1-20(2,3)16-21(4,5)17-9-11-18(12-10-17)26-15-19(24)22-13-8-14-23(6,7)25/h9-12H,8,13-16H2,1-7H3,(H,22,24). The molecule has 0 unspecified atom stereocenters. The molecule has 0 aliphatic rings. The zero-order valence-electron chi connectivity index (χ0n) is 17.5. The molecule has 1 aromatic carbocycles. The highest BCUT2D eigenvalue weighted by Crippen LogP contribution is 2.36. The van der Waals surface area contributed by atoms with Gasteiger partial charge in [-0.1, -0.05) is 46.8 Å². The first kappa shape index (κ1) is 22.5. The molecule has 0 saturated carbocycles. The maximum absolute atomic E-state index is 11.8. The molecule has 5 heteroatoms. The number of carbonyl (C=O) groups is 1. The van der Waals surface area contributed by atoms with Gasteiger partial charge in [0.2, 0.25) is 0 Å². The lowest BCUT2D eigenvalue weighted by Gasteiger charge is -2.33. The smallest absolute Gasteiger partial charge is 0.257 e. The lowest BCUT2D eigenvalue weighted by atomic mass is 9.72. The monoisotopic (exact) mass is 364 g/mol. The Bertz CT molecular complexity index is 566. The third kappa shape index (κ3) is 9.20. The average molecular weight is 365 g/mol. The van der Waals surface area contributed by atoms with Crippen LogP contribution in [0.15, 0.2) is 24.3 Å². The summed E-state index contributed by atoms with van der Waals surface area (Å²) in [5, 5.41) is 14.2. The molecule has 0 saturated heterocycles. The fourth-order valence-electron chi connectivity index (χ4n) is 3.32. The normalized spacial score (nSPS) is 12.8. The largest absolute Gasteiger partial charge is 0.633 e. The summed E-state index contributed by atoms with van der Waals surface area (Å²) in [5.41, 5.74) is 1.61. The number of carbonyl (C=O) groups excluding carboxylic acids is 1. The van der Waals surface area contributed by atoms with E-state index in [9.17, 15) is 10.0 Å². The minimum absolute atomic E-state index is 0.0135. The molecule has 1 N–H and O–H groups in total. The van der Waals surface area contributed by atoms with Gasteiger partial charge in [-0.15, -0.1) is 0 Å². The average Bonchev–Trinajstić information content (AvgIpc) is 2.47. The number of ether oxygens (including phenoxy) is 1. The van der Waals surface area contributed by atoms with Crippen molar-refractivity contribution in [3.05, 3.63) is 35.0 Å². The lowest BCUT2D eigenvalue weighted by Crippen LogP contribution is -2.36. The fourth-order valence-corrected chi connectivity index (χ4v) is 3.32. The molecule has 0 fully saturated rings. The van der Waals surface area contributed by atoms with E-state index in [0.717, 1.165) is 6.42 Å². The Morgan fingerprint density at radius 3 is 2.19 bits per heavy atom. The predicted molar refractivity (Wildman–Crippen MR) is 107 cm³/mol. The van der Waals surface area contributed by atoms with Crippen LogP contribution in [0, 0.1) is 10.6 Å². The molecule has 0 aromatic heterocycles. The SMILES string of the molecule is CC(C)(C)CC(C)(C)c1ccc(OCC(=O)NCCC[N+](C)(C)[O-])cc1. The molecule has 0 atom stereocenters. The van der Waals surface area contributed by atoms with Gasteiger partial charge in [-0.2, -0.15) is 0 Å². The first-order valence-electron chi connectivity index (χ1n) is 9.33. The number of rotatable bonds is 9. The van der Waals surface area contributed by atoms with Crippen LogP contribution in [0.1, 0.15) is 53.0 Å². The molecule has 0 bridgehead atoms. The van der Waals surface area contributed by atoms with E-state index >= 15 is 0 Å². The van der Waals surface area contributed by atoms with Crippen LogP contribution in [0.2, 0.25) is 0 Å². The van der Waals surface area contributed by atoms with Crippen molar-refractivity contribution in [3.8, 4) is 5.75 Å². The van der Waals surface area contributed by atoms with Crippen LogP contribution in [-0.2, 0) is 10.2 Å². The van der Waals surface area contributed by atoms with Crippen molar-refractivity contribution in [1.82, 2.24) is 5.32 Å². The zero-order chi connectivity index (χ0) is 20.0. The van der Waals surface area contributed by atoms with Gasteiger partial charge in [0.25, 0.3) is 5.91 Å². The second-order valence-corrected chi connectivity index (χ2v) is 9.44. The third-order valence-corrected chi connectivity index (χ3v) is 4.17. The van der Waals surface area contributed by atoms with Crippen LogP contribution in [0.3, 0.4) is 0 Å². The summed E-state index contributed by atoms with van der Waals surface area (Å²) >= 11 is 0. The molecule has 0 heterocycles. The minimum Gasteiger partial charge on any atom is -0.633 e. The van der Waals surface area contributed by atoms with Crippen molar-refractivity contribution in [3.63, 3.8) is 0 Å². The molecule has 0 aliphatic carbocycles. The summed E-state index contributed by atoms with van der Waals surface area (Å²) in [5.74, 6) is 0.520. The van der Waals surface area contributed by atoms with E-state index in [1.165, 1.54) is 5.56 Å². The van der Waals surface area contributed by atoms with Crippen LogP contribution in [-0.4, -0.2) is 44.3 Å². The fraction of sp³-hybridized carbons (Fsp3) is 0.667. The van der Waals surface area contributed by atoms with E-state index in [4.69, 9.17) is 4.74 Å². The zero-order valence-corrected chi connectivity index (χ0v) is 17.5. The Morgan fingerprint density at radius 2 is 1.69 bits per heavy atom. The Kier molecular flexibility index (Phi) is 7.66. The number of hydroxylamine groups is 3. The van der Waals surface area contributed by atoms with E-state index in [1.54, 1.807) is 14.1 Å². The minimum atomic E-state index is -0.343. The highest BCUT2D eigenvalue weighted by atomic mass is 16.5. The number of nitrogens with zero attached hydrogens (tertiary/aromatic N) is 1. The maximum atomic E-state index is 11.8. The molecule has 0 radical (unpaired) electrons. The summed E-state index contributed by atoms with van der Waals surface area (Å²) < 4.78 is 5.21. The Morgan fingerprint density at radius 1 is 1.12 bits per heavy atom. The van der Waals surface area contributed by atoms with E-state index < -0.39 is 0 Å². The summed E-state index contributed by atoms with van der Waals surface area (Å²) in [6.45, 7) is 12.2. The molecule has 5 nitrogen and oxygen atoms in total. The van der Waals surface area contributed by atoms with E-state index in [0.29, 0.717) is 25.3 Å². The van der Waals surface area contributed by atoms with E-state index in [-0.39, 0.29) is 28.0 Å². The molecule has 148 valence electrons. The number of nitrogens with one attached hydrogen (secondary N) is 1. The third-order valence-electron chi connectivity index (χ3n) is 4.17. The Hall–Kier alpha value is -1.59. The Balaban J connectivity index is 2.44. The van der Waals surface area contributed by atoms with Gasteiger partial charge in [-0.25, -0.2) is 0 Å². The summed E-state index contributed by atoms with van der Waals surface area (Å²) in [6.07, 6.45) is 1.74. The second kappa shape index (κ2) is 8.87. The molecule has 1 aromatic rings. The maximum Gasteiger partial charge on any atom is 0.257 e. The van der Waals surface area contributed by atoms with Gasteiger partial charge >= 0.3 is 0 Å². The predicted octanol–water partition coefficient (Wildman–Crippen LogP) is 3.86. The van der Waals surface area contributed by atoms with Crippen LogP contribution < -0.4 is 10.1 Å². The molecule has 1 amide bonds. The van der Waals surface area contributed by atoms with Crippen LogP contribution in [0.4, 0.5) is 0 Å². The van der Waals surface area contributed by atoms with Gasteiger partial charge in [0.1, 0.15) is 5.75 Å². The number of quaternary nitrogens is 1. The van der Waals surface area contributed by atoms with E-state index in [2.05, 4.69) is 52.1 Å². The van der Waals surface area contributed by atoms with Gasteiger partial charge in [0.05, 0.1) is 20.6 Å². The summed E-state index contributed by atoms with van der Waals surface area (Å²) in [7, 11) is 3.19. The van der Waals surface area contributed by atoms with E-state index in [1.807, 2.05) is 12.1 Å². The molecular formula is C21H36N2O3. The molecule has 1 rings (SSSR count). The Labute approximate surface area is 158 Å². The van der Waals surface area contributed by atoms with Crippen molar-refractivity contribution >= 4 is 5.91 Å². The van der Waals surface area contributed by atoms with Crippen molar-refractivity contribution in [2.24, 2.45) is 5.41 Å². The molecule has 0 aliphatic heterocycles. The van der Waals surface area contributed by atoms with Crippen LogP contribution in [0.5, 0.6) is 5.75 Å². The number of amides is 1. The topological polar surface area (TPSA) is 61.4 Å². The van der Waals surface area contributed by atoms with Gasteiger partial charge in [0.15, 0.2) is 6.61 Å². The van der Waals surface area contributed by atoms with Crippen molar-refractivity contribution in [2.75, 3.05) is 33.8 Å². The number of benzene rings is 1. The molecule has 0 spiro atoms. The number of hydrogen-bond donors (Lipinski definition) is 1. The highest BCUT2D eigenvalue weighted by molar-refractivity contribution is 5.77. The van der Waals surface area contributed by atoms with Crippen LogP contribution in [0.25, 0.3) is 0 Å². The first-order valence-corrected chi connectivity index (χ1v) is 9.33.